The molecule has 13 nitrogen and oxygen atoms in total. The van der Waals surface area contributed by atoms with E-state index in [-0.39, 0.29) is 47.2 Å². The number of fused-ring (bicyclic) bond motifs is 2. The highest BCUT2D eigenvalue weighted by Crippen LogP contribution is 2.34. The number of aryl methyl sites for hydroxylation is 2. The van der Waals surface area contributed by atoms with Crippen molar-refractivity contribution >= 4 is 29.2 Å². The predicted molar refractivity (Wildman–Crippen MR) is 142 cm³/mol. The summed E-state index contributed by atoms with van der Waals surface area (Å²) in [7, 11) is 0. The maximum absolute atomic E-state index is 13.6. The van der Waals surface area contributed by atoms with Gasteiger partial charge in [-0.25, -0.2) is 9.37 Å². The molecule has 1 atom stereocenters. The minimum absolute atomic E-state index is 0.0180. The van der Waals surface area contributed by atoms with Gasteiger partial charge in [0, 0.05) is 12.1 Å². The smallest absolute Gasteiger partial charge is 0.270 e. The van der Waals surface area contributed by atoms with E-state index in [1.807, 2.05) is 18.2 Å². The predicted octanol–water partition coefficient (Wildman–Crippen LogP) is 1.87. The fourth-order valence-corrected chi connectivity index (χ4v) is 4.93. The molecule has 0 bridgehead atoms. The highest BCUT2D eigenvalue weighted by molar-refractivity contribution is 5.99. The van der Waals surface area contributed by atoms with Crippen LogP contribution < -0.4 is 22.1 Å². The summed E-state index contributed by atoms with van der Waals surface area (Å²) >= 11 is 0. The van der Waals surface area contributed by atoms with Gasteiger partial charge in [-0.1, -0.05) is 24.3 Å². The third kappa shape index (κ3) is 4.44. The monoisotopic (exact) mass is 541 g/mol. The first-order valence-electron chi connectivity index (χ1n) is 12.4. The third-order valence-corrected chi connectivity index (χ3v) is 6.92. The summed E-state index contributed by atoms with van der Waals surface area (Å²) in [6.07, 6.45) is 1.42. The lowest BCUT2D eigenvalue weighted by molar-refractivity contribution is 0.0930. The van der Waals surface area contributed by atoms with Crippen molar-refractivity contribution in [1.29, 1.82) is 0 Å². The molecule has 5 aromatic rings. The molecule has 0 saturated carbocycles. The summed E-state index contributed by atoms with van der Waals surface area (Å²) in [4.78, 5) is 35.0. The fourth-order valence-electron chi connectivity index (χ4n) is 4.93. The van der Waals surface area contributed by atoms with Crippen LogP contribution in [0.4, 0.5) is 16.2 Å². The van der Waals surface area contributed by atoms with Gasteiger partial charge in [0.15, 0.2) is 11.5 Å². The average molecular weight is 542 g/mol. The van der Waals surface area contributed by atoms with E-state index in [0.717, 1.165) is 23.1 Å². The number of nitrogens with two attached hydrogens (primary N) is 2. The van der Waals surface area contributed by atoms with Gasteiger partial charge >= 0.3 is 0 Å². The number of hydrogen-bond donors (Lipinski definition) is 5. The molecule has 0 fully saturated rings. The van der Waals surface area contributed by atoms with Crippen LogP contribution in [0.2, 0.25) is 0 Å². The molecular formula is C26H24FN11O2. The van der Waals surface area contributed by atoms with E-state index in [1.165, 1.54) is 16.5 Å². The summed E-state index contributed by atoms with van der Waals surface area (Å²) < 4.78 is 14.9. The van der Waals surface area contributed by atoms with Crippen LogP contribution in [0.15, 0.2) is 42.5 Å². The van der Waals surface area contributed by atoms with Gasteiger partial charge in [0.2, 0.25) is 11.8 Å². The highest BCUT2D eigenvalue weighted by Gasteiger charge is 2.28. The number of H-pyrrole nitrogens is 1. The van der Waals surface area contributed by atoms with Crippen LogP contribution >= 0.6 is 0 Å². The number of nitrogens with zero attached hydrogens (tertiary/aromatic N) is 6. The largest absolute Gasteiger partial charge is 0.380 e. The van der Waals surface area contributed by atoms with Crippen molar-refractivity contribution < 1.29 is 14.0 Å². The molecule has 2 amide bonds. The van der Waals surface area contributed by atoms with Gasteiger partial charge in [-0.3, -0.25) is 14.0 Å². The normalized spacial score (nSPS) is 14.3. The number of benzene rings is 2. The van der Waals surface area contributed by atoms with Crippen molar-refractivity contribution in [3.05, 3.63) is 81.9 Å². The van der Waals surface area contributed by atoms with Crippen molar-refractivity contribution in [3.8, 4) is 11.4 Å². The number of aromatic nitrogens is 7. The lowest BCUT2D eigenvalue weighted by atomic mass is 10.0. The quantitative estimate of drug-likeness (QED) is 0.213. The molecule has 1 aliphatic rings. The molecule has 2 aromatic carbocycles. The Morgan fingerprint density at radius 3 is 2.75 bits per heavy atom. The van der Waals surface area contributed by atoms with Gasteiger partial charge in [0.1, 0.15) is 17.2 Å². The van der Waals surface area contributed by atoms with E-state index in [1.54, 1.807) is 19.1 Å². The van der Waals surface area contributed by atoms with Crippen LogP contribution in [-0.2, 0) is 13.0 Å². The van der Waals surface area contributed by atoms with Crippen LogP contribution in [0.5, 0.6) is 0 Å². The van der Waals surface area contributed by atoms with Crippen molar-refractivity contribution in [2.75, 3.05) is 11.5 Å². The maximum atomic E-state index is 13.6. The Morgan fingerprint density at radius 2 is 1.98 bits per heavy atom. The molecule has 1 aliphatic carbocycles. The van der Waals surface area contributed by atoms with Crippen molar-refractivity contribution in [2.24, 2.45) is 0 Å². The van der Waals surface area contributed by atoms with Crippen LogP contribution in [0.25, 0.3) is 17.0 Å². The first kappa shape index (κ1) is 24.9. The summed E-state index contributed by atoms with van der Waals surface area (Å²) in [5.41, 5.74) is 16.2. The van der Waals surface area contributed by atoms with E-state index >= 15 is 0 Å². The van der Waals surface area contributed by atoms with E-state index in [9.17, 15) is 14.0 Å². The molecule has 14 heteroatoms. The van der Waals surface area contributed by atoms with Gasteiger partial charge < -0.3 is 22.1 Å². The molecule has 0 radical (unpaired) electrons. The van der Waals surface area contributed by atoms with Gasteiger partial charge in [-0.15, -0.1) is 10.2 Å². The van der Waals surface area contributed by atoms with E-state index in [0.29, 0.717) is 23.4 Å². The lowest BCUT2D eigenvalue weighted by Gasteiger charge is -2.16. The van der Waals surface area contributed by atoms with Crippen LogP contribution in [-0.4, -0.2) is 46.8 Å². The van der Waals surface area contributed by atoms with Crippen molar-refractivity contribution in [3.63, 3.8) is 0 Å². The maximum Gasteiger partial charge on any atom is 0.270 e. The fraction of sp³-hybridized carbons (Fsp3) is 0.192. The number of tetrazole rings is 1. The zero-order chi connectivity index (χ0) is 28.0. The zero-order valence-corrected chi connectivity index (χ0v) is 21.3. The Labute approximate surface area is 226 Å². The molecule has 0 saturated heterocycles. The number of nitrogens with one attached hydrogen (secondary N) is 3. The number of amides is 2. The molecule has 0 unspecified atom stereocenters. The number of imidazole rings is 1. The number of carbonyl (C=O) groups is 2. The van der Waals surface area contributed by atoms with E-state index < -0.39 is 11.8 Å². The second kappa shape index (κ2) is 9.72. The first-order valence-corrected chi connectivity index (χ1v) is 12.4. The second-order valence-corrected chi connectivity index (χ2v) is 9.52. The Hall–Kier alpha value is -5.40. The van der Waals surface area contributed by atoms with Gasteiger partial charge in [0.25, 0.3) is 11.8 Å². The van der Waals surface area contributed by atoms with Crippen molar-refractivity contribution in [2.45, 2.75) is 32.4 Å². The standard InChI is InChI=1S/C26H24FN11O2/c1-12-8-13(2-6-17(12)27)11-30-24(39)19-10-20(38-23(31-19)21(28)33-26(38)29)25(40)32-18-7-4-14-9-15(3-5-16(14)18)22-34-36-37-35-22/h2-3,5-6,8-10,18H,4,7,11,28H2,1H3,(H2,29,33)(H,30,39)(H,32,40)(H,34,35,36,37)/t18-/m0/s1. The number of hydrogen-bond acceptors (Lipinski definition) is 9. The van der Waals surface area contributed by atoms with Crippen LogP contribution in [0.1, 0.15) is 55.7 Å². The molecule has 3 aromatic heterocycles. The Kier molecular flexibility index (Phi) is 6.06. The summed E-state index contributed by atoms with van der Waals surface area (Å²) in [6.45, 7) is 1.78. The zero-order valence-electron chi connectivity index (χ0n) is 21.3. The molecule has 3 heterocycles. The summed E-state index contributed by atoms with van der Waals surface area (Å²) in [6, 6.07) is 11.4. The SMILES string of the molecule is Cc1cc(CNC(=O)c2cc(C(=O)N[C@H]3CCc4cc(-c5nn[nH]n5)ccc43)n3c(N)nc(N)c3n2)ccc1F. The van der Waals surface area contributed by atoms with Crippen LogP contribution in [0, 0.1) is 12.7 Å². The Balaban J connectivity index is 1.26. The highest BCUT2D eigenvalue weighted by atomic mass is 19.1. The number of carbonyl (C=O) groups excluding carboxylic acids is 2. The second-order valence-electron chi connectivity index (χ2n) is 9.52. The van der Waals surface area contributed by atoms with Crippen LogP contribution in [0.3, 0.4) is 0 Å². The molecule has 7 N–H and O–H groups in total. The number of halogens is 1. The van der Waals surface area contributed by atoms with E-state index in [2.05, 4.69) is 41.2 Å². The van der Waals surface area contributed by atoms with Gasteiger partial charge in [0.05, 0.1) is 6.04 Å². The number of anilines is 2. The third-order valence-electron chi connectivity index (χ3n) is 6.92. The summed E-state index contributed by atoms with van der Waals surface area (Å²) in [5, 5.41) is 19.9. The van der Waals surface area contributed by atoms with E-state index in [4.69, 9.17) is 11.5 Å². The molecule has 40 heavy (non-hydrogen) atoms. The Bertz CT molecular complexity index is 1780. The molecule has 6 rings (SSSR count). The average Bonchev–Trinajstić information content (AvgIpc) is 3.69. The number of rotatable bonds is 6. The minimum atomic E-state index is -0.544. The summed E-state index contributed by atoms with van der Waals surface area (Å²) in [5.74, 6) is -0.907. The lowest BCUT2D eigenvalue weighted by Crippen LogP contribution is -2.30. The minimum Gasteiger partial charge on any atom is -0.380 e. The van der Waals surface area contributed by atoms with Crippen molar-refractivity contribution in [1.82, 2.24) is 45.6 Å². The molecular weight excluding hydrogens is 517 g/mol. The number of aromatic amines is 1. The number of nitrogen functional groups attached to an aromatic ring is 2. The topological polar surface area (TPSA) is 195 Å². The first-order chi connectivity index (χ1) is 19.3. The van der Waals surface area contributed by atoms with Gasteiger partial charge in [-0.05, 0) is 65.4 Å². The Morgan fingerprint density at radius 1 is 1.12 bits per heavy atom. The van der Waals surface area contributed by atoms with Gasteiger partial charge in [-0.2, -0.15) is 10.2 Å². The molecule has 0 aliphatic heterocycles. The molecule has 202 valence electrons. The molecule has 0 spiro atoms.